The van der Waals surface area contributed by atoms with Gasteiger partial charge in [0.05, 0.1) is 0 Å². The number of aliphatic carboxylic acids is 1. The summed E-state index contributed by atoms with van der Waals surface area (Å²) in [4.78, 5) is 34.8. The summed E-state index contributed by atoms with van der Waals surface area (Å²) < 4.78 is 0. The maximum atomic E-state index is 12.3. The Kier molecular flexibility index (Phi) is 7.35. The van der Waals surface area contributed by atoms with Crippen molar-refractivity contribution in [3.8, 4) is 0 Å². The molecule has 21 heavy (non-hydrogen) atoms. The van der Waals surface area contributed by atoms with Crippen molar-refractivity contribution in [1.29, 1.82) is 0 Å². The highest BCUT2D eigenvalue weighted by Gasteiger charge is 2.34. The minimum Gasteiger partial charge on any atom is -0.480 e. The lowest BCUT2D eigenvalue weighted by Gasteiger charge is -2.29. The first-order valence-electron chi connectivity index (χ1n) is 6.95. The summed E-state index contributed by atoms with van der Waals surface area (Å²) in [5.41, 5.74) is 0.845. The SMILES string of the molecule is CC(C)CC(CC(=O)NO)C(=O)NC(C(=O)O)C(C)(C)C. The molecule has 0 aromatic carbocycles. The molecule has 0 radical (unpaired) electrons. The van der Waals surface area contributed by atoms with Gasteiger partial charge in [-0.3, -0.25) is 14.8 Å². The van der Waals surface area contributed by atoms with Crippen LogP contribution >= 0.6 is 0 Å². The van der Waals surface area contributed by atoms with Crippen LogP contribution in [0.15, 0.2) is 0 Å². The molecular formula is C14H26N2O5. The molecule has 0 heterocycles. The van der Waals surface area contributed by atoms with Gasteiger partial charge in [0, 0.05) is 12.3 Å². The Morgan fingerprint density at radius 3 is 2.00 bits per heavy atom. The van der Waals surface area contributed by atoms with Gasteiger partial charge < -0.3 is 10.4 Å². The lowest BCUT2D eigenvalue weighted by atomic mass is 9.85. The predicted molar refractivity (Wildman–Crippen MR) is 76.5 cm³/mol. The van der Waals surface area contributed by atoms with Crippen molar-refractivity contribution < 1.29 is 24.7 Å². The first-order valence-corrected chi connectivity index (χ1v) is 6.95. The maximum Gasteiger partial charge on any atom is 0.326 e. The Balaban J connectivity index is 5.01. The van der Waals surface area contributed by atoms with Crippen LogP contribution in [0.4, 0.5) is 0 Å². The summed E-state index contributed by atoms with van der Waals surface area (Å²) >= 11 is 0. The van der Waals surface area contributed by atoms with Crippen LogP contribution in [-0.4, -0.2) is 34.1 Å². The summed E-state index contributed by atoms with van der Waals surface area (Å²) in [6, 6.07) is -1.04. The molecule has 0 saturated heterocycles. The van der Waals surface area contributed by atoms with E-state index in [4.69, 9.17) is 5.21 Å². The molecule has 7 heteroatoms. The van der Waals surface area contributed by atoms with E-state index in [-0.39, 0.29) is 12.3 Å². The van der Waals surface area contributed by atoms with Gasteiger partial charge in [-0.05, 0) is 17.8 Å². The number of nitrogens with one attached hydrogen (secondary N) is 2. The fourth-order valence-electron chi connectivity index (χ4n) is 2.03. The molecule has 0 aromatic heterocycles. The van der Waals surface area contributed by atoms with Gasteiger partial charge in [-0.15, -0.1) is 0 Å². The van der Waals surface area contributed by atoms with E-state index in [1.165, 1.54) is 5.48 Å². The number of carbonyl (C=O) groups is 3. The maximum absolute atomic E-state index is 12.3. The fraction of sp³-hybridized carbons (Fsp3) is 0.786. The van der Waals surface area contributed by atoms with Gasteiger partial charge in [0.1, 0.15) is 6.04 Å². The standard InChI is InChI=1S/C14H26N2O5/c1-8(2)6-9(7-10(17)16-21)12(18)15-11(13(19)20)14(3,4)5/h8-9,11,21H,6-7H2,1-5H3,(H,15,18)(H,16,17)(H,19,20). The molecule has 0 bridgehead atoms. The van der Waals surface area contributed by atoms with Crippen molar-refractivity contribution in [2.24, 2.45) is 17.3 Å². The average Bonchev–Trinajstić information content (AvgIpc) is 2.32. The first-order chi connectivity index (χ1) is 9.48. The summed E-state index contributed by atoms with van der Waals surface area (Å²) in [5, 5.41) is 20.3. The largest absolute Gasteiger partial charge is 0.480 e. The molecule has 0 aliphatic rings. The molecule has 7 nitrogen and oxygen atoms in total. The zero-order chi connectivity index (χ0) is 16.8. The molecule has 122 valence electrons. The second-order valence-electron chi connectivity index (χ2n) is 6.71. The van der Waals surface area contributed by atoms with Gasteiger partial charge >= 0.3 is 5.97 Å². The number of carboxylic acids is 1. The van der Waals surface area contributed by atoms with E-state index in [2.05, 4.69) is 5.32 Å². The Labute approximate surface area is 125 Å². The van der Waals surface area contributed by atoms with Gasteiger partial charge in [-0.2, -0.15) is 0 Å². The van der Waals surface area contributed by atoms with E-state index in [1.54, 1.807) is 20.8 Å². The number of hydroxylamine groups is 1. The molecule has 2 atom stereocenters. The van der Waals surface area contributed by atoms with Crippen molar-refractivity contribution in [3.05, 3.63) is 0 Å². The normalized spacial score (nSPS) is 14.4. The third-order valence-corrected chi connectivity index (χ3v) is 3.08. The number of rotatable bonds is 7. The van der Waals surface area contributed by atoms with E-state index in [0.717, 1.165) is 0 Å². The van der Waals surface area contributed by atoms with Crippen LogP contribution in [-0.2, 0) is 14.4 Å². The molecule has 0 fully saturated rings. The lowest BCUT2D eigenvalue weighted by molar-refractivity contribution is -0.146. The van der Waals surface area contributed by atoms with E-state index >= 15 is 0 Å². The zero-order valence-electron chi connectivity index (χ0n) is 13.3. The topological polar surface area (TPSA) is 116 Å². The third kappa shape index (κ3) is 7.08. The van der Waals surface area contributed by atoms with Crippen LogP contribution in [0.1, 0.15) is 47.5 Å². The van der Waals surface area contributed by atoms with Gasteiger partial charge in [0.25, 0.3) is 0 Å². The molecule has 0 aliphatic carbocycles. The predicted octanol–water partition coefficient (Wildman–Crippen LogP) is 1.16. The van der Waals surface area contributed by atoms with Crippen LogP contribution in [0.2, 0.25) is 0 Å². The Morgan fingerprint density at radius 1 is 1.14 bits per heavy atom. The zero-order valence-corrected chi connectivity index (χ0v) is 13.3. The summed E-state index contributed by atoms with van der Waals surface area (Å²) in [5.74, 6) is -2.80. The summed E-state index contributed by atoms with van der Waals surface area (Å²) in [6.45, 7) is 8.93. The number of carboxylic acid groups (broad SMARTS) is 1. The highest BCUT2D eigenvalue weighted by atomic mass is 16.5. The summed E-state index contributed by atoms with van der Waals surface area (Å²) in [6.07, 6.45) is 0.243. The minimum absolute atomic E-state index is 0.158. The molecule has 0 aromatic rings. The van der Waals surface area contributed by atoms with Crippen LogP contribution in [0.5, 0.6) is 0 Å². The van der Waals surface area contributed by atoms with E-state index in [9.17, 15) is 19.5 Å². The van der Waals surface area contributed by atoms with Crippen molar-refractivity contribution in [3.63, 3.8) is 0 Å². The van der Waals surface area contributed by atoms with Crippen LogP contribution in [0.25, 0.3) is 0 Å². The number of carbonyl (C=O) groups excluding carboxylic acids is 2. The molecule has 0 saturated carbocycles. The molecular weight excluding hydrogens is 276 g/mol. The Hall–Kier alpha value is -1.63. The summed E-state index contributed by atoms with van der Waals surface area (Å²) in [7, 11) is 0. The number of hydrogen-bond donors (Lipinski definition) is 4. The first kappa shape index (κ1) is 19.4. The highest BCUT2D eigenvalue weighted by Crippen LogP contribution is 2.22. The Bertz CT molecular complexity index is 387. The molecule has 4 N–H and O–H groups in total. The molecule has 2 amide bonds. The van der Waals surface area contributed by atoms with Crippen molar-refractivity contribution in [1.82, 2.24) is 10.8 Å². The van der Waals surface area contributed by atoms with E-state index in [1.807, 2.05) is 13.8 Å². The smallest absolute Gasteiger partial charge is 0.326 e. The van der Waals surface area contributed by atoms with Gasteiger partial charge in [-0.25, -0.2) is 10.3 Å². The van der Waals surface area contributed by atoms with E-state index < -0.39 is 35.2 Å². The molecule has 0 aliphatic heterocycles. The second kappa shape index (κ2) is 7.97. The van der Waals surface area contributed by atoms with Crippen molar-refractivity contribution in [2.45, 2.75) is 53.5 Å². The van der Waals surface area contributed by atoms with Crippen LogP contribution < -0.4 is 10.8 Å². The molecule has 0 rings (SSSR count). The number of amides is 2. The van der Waals surface area contributed by atoms with Crippen molar-refractivity contribution in [2.75, 3.05) is 0 Å². The lowest BCUT2D eigenvalue weighted by Crippen LogP contribution is -2.51. The van der Waals surface area contributed by atoms with Crippen LogP contribution in [0.3, 0.4) is 0 Å². The number of hydrogen-bond acceptors (Lipinski definition) is 4. The minimum atomic E-state index is -1.12. The molecule has 2 unspecified atom stereocenters. The average molecular weight is 302 g/mol. The monoisotopic (exact) mass is 302 g/mol. The van der Waals surface area contributed by atoms with Gasteiger partial charge in [-0.1, -0.05) is 34.6 Å². The van der Waals surface area contributed by atoms with E-state index in [0.29, 0.717) is 6.42 Å². The fourth-order valence-corrected chi connectivity index (χ4v) is 2.03. The Morgan fingerprint density at radius 2 is 1.67 bits per heavy atom. The third-order valence-electron chi connectivity index (χ3n) is 3.08. The van der Waals surface area contributed by atoms with Gasteiger partial charge in [0.15, 0.2) is 0 Å². The van der Waals surface area contributed by atoms with Gasteiger partial charge in [0.2, 0.25) is 11.8 Å². The quantitative estimate of drug-likeness (QED) is 0.416. The van der Waals surface area contributed by atoms with Crippen LogP contribution in [0, 0.1) is 17.3 Å². The van der Waals surface area contributed by atoms with Crippen molar-refractivity contribution >= 4 is 17.8 Å². The second-order valence-corrected chi connectivity index (χ2v) is 6.71. The highest BCUT2D eigenvalue weighted by molar-refractivity contribution is 5.88. The molecule has 0 spiro atoms.